The molecule has 0 spiro atoms. The van der Waals surface area contributed by atoms with Crippen LogP contribution in [0.2, 0.25) is 10.0 Å². The number of nitrogens with one attached hydrogen (secondary N) is 2. The summed E-state index contributed by atoms with van der Waals surface area (Å²) in [5.41, 5.74) is 1.18. The number of benzene rings is 2. The van der Waals surface area contributed by atoms with Gasteiger partial charge < -0.3 is 10.6 Å². The van der Waals surface area contributed by atoms with E-state index < -0.39 is 11.7 Å². The Labute approximate surface area is 159 Å². The molecule has 3 rings (SSSR count). The molecule has 0 saturated carbocycles. The van der Waals surface area contributed by atoms with Crippen molar-refractivity contribution in [3.05, 3.63) is 75.9 Å². The van der Waals surface area contributed by atoms with Gasteiger partial charge in [-0.2, -0.15) is 0 Å². The second-order valence-corrected chi connectivity index (χ2v) is 6.19. The SMILES string of the molecule is Cc1nc(Nc2ccc(F)c(Cl)c2)cc(C(=O)Nc2ccccc2Cl)n1. The van der Waals surface area contributed by atoms with Gasteiger partial charge in [-0.1, -0.05) is 35.3 Å². The highest BCUT2D eigenvalue weighted by atomic mass is 35.5. The molecular formula is C18H13Cl2FN4O. The zero-order valence-corrected chi connectivity index (χ0v) is 15.1. The van der Waals surface area contributed by atoms with E-state index in [1.807, 2.05) is 0 Å². The average Bonchev–Trinajstić information content (AvgIpc) is 2.59. The number of rotatable bonds is 4. The summed E-state index contributed by atoms with van der Waals surface area (Å²) in [7, 11) is 0. The van der Waals surface area contributed by atoms with Crippen LogP contribution < -0.4 is 10.6 Å². The summed E-state index contributed by atoms with van der Waals surface area (Å²) < 4.78 is 13.3. The number of hydrogen-bond donors (Lipinski definition) is 2. The topological polar surface area (TPSA) is 66.9 Å². The van der Waals surface area contributed by atoms with Crippen molar-refractivity contribution >= 4 is 46.3 Å². The normalized spacial score (nSPS) is 10.5. The van der Waals surface area contributed by atoms with Gasteiger partial charge in [0.2, 0.25) is 0 Å². The molecule has 0 atom stereocenters. The highest BCUT2D eigenvalue weighted by Crippen LogP contribution is 2.23. The maximum absolute atomic E-state index is 13.3. The Morgan fingerprint density at radius 2 is 1.81 bits per heavy atom. The molecule has 0 saturated heterocycles. The molecule has 2 aromatic carbocycles. The van der Waals surface area contributed by atoms with Crippen molar-refractivity contribution in [2.24, 2.45) is 0 Å². The van der Waals surface area contributed by atoms with Crippen LogP contribution in [0.15, 0.2) is 48.5 Å². The molecule has 2 N–H and O–H groups in total. The van der Waals surface area contributed by atoms with E-state index in [0.29, 0.717) is 28.0 Å². The third kappa shape index (κ3) is 4.28. The van der Waals surface area contributed by atoms with E-state index in [1.54, 1.807) is 31.2 Å². The van der Waals surface area contributed by atoms with Crippen molar-refractivity contribution in [3.63, 3.8) is 0 Å². The molecule has 1 heterocycles. The second-order valence-electron chi connectivity index (χ2n) is 5.37. The number of hydrogen-bond acceptors (Lipinski definition) is 4. The van der Waals surface area contributed by atoms with Gasteiger partial charge in [0.15, 0.2) is 0 Å². The number of anilines is 3. The molecule has 1 amide bonds. The third-order valence-electron chi connectivity index (χ3n) is 3.38. The predicted molar refractivity (Wildman–Crippen MR) is 101 cm³/mol. The zero-order chi connectivity index (χ0) is 18.7. The molecule has 8 heteroatoms. The second kappa shape index (κ2) is 7.68. The lowest BCUT2D eigenvalue weighted by molar-refractivity contribution is 0.102. The summed E-state index contributed by atoms with van der Waals surface area (Å²) in [5, 5.41) is 6.08. The number of aryl methyl sites for hydroxylation is 1. The molecule has 0 bridgehead atoms. The first-order valence-electron chi connectivity index (χ1n) is 7.56. The first-order valence-corrected chi connectivity index (χ1v) is 8.31. The number of carbonyl (C=O) groups is 1. The Kier molecular flexibility index (Phi) is 5.35. The van der Waals surface area contributed by atoms with Gasteiger partial charge in [0.05, 0.1) is 15.7 Å². The first kappa shape index (κ1) is 18.1. The standard InChI is InChI=1S/C18H13Cl2FN4O/c1-10-22-16(18(26)25-15-5-3-2-4-12(15)19)9-17(23-10)24-11-6-7-14(21)13(20)8-11/h2-9H,1H3,(H,25,26)(H,22,23,24). The molecule has 0 radical (unpaired) electrons. The van der Waals surface area contributed by atoms with Crippen LogP contribution in [0.5, 0.6) is 0 Å². The number of carbonyl (C=O) groups excluding carboxylic acids is 1. The fraction of sp³-hybridized carbons (Fsp3) is 0.0556. The minimum absolute atomic E-state index is 0.0162. The maximum Gasteiger partial charge on any atom is 0.274 e. The maximum atomic E-state index is 13.3. The largest absolute Gasteiger partial charge is 0.340 e. The van der Waals surface area contributed by atoms with Crippen LogP contribution in [0, 0.1) is 12.7 Å². The smallest absolute Gasteiger partial charge is 0.274 e. The summed E-state index contributed by atoms with van der Waals surface area (Å²) in [6, 6.07) is 12.6. The molecule has 0 aliphatic rings. The van der Waals surface area contributed by atoms with Crippen molar-refractivity contribution in [2.75, 3.05) is 10.6 Å². The van der Waals surface area contributed by atoms with Crippen LogP contribution in [0.25, 0.3) is 0 Å². The lowest BCUT2D eigenvalue weighted by atomic mass is 10.2. The van der Waals surface area contributed by atoms with E-state index in [4.69, 9.17) is 23.2 Å². The van der Waals surface area contributed by atoms with E-state index >= 15 is 0 Å². The Hall–Kier alpha value is -2.70. The summed E-state index contributed by atoms with van der Waals surface area (Å²) in [6.07, 6.45) is 0. The Balaban J connectivity index is 1.84. The predicted octanol–water partition coefficient (Wildman–Crippen LogP) is 5.23. The van der Waals surface area contributed by atoms with E-state index in [9.17, 15) is 9.18 Å². The van der Waals surface area contributed by atoms with E-state index in [1.165, 1.54) is 24.3 Å². The van der Waals surface area contributed by atoms with E-state index in [0.717, 1.165) is 0 Å². The Morgan fingerprint density at radius 3 is 2.54 bits per heavy atom. The van der Waals surface area contributed by atoms with Crippen LogP contribution in [0.1, 0.15) is 16.3 Å². The van der Waals surface area contributed by atoms with Gasteiger partial charge >= 0.3 is 0 Å². The van der Waals surface area contributed by atoms with Crippen LogP contribution >= 0.6 is 23.2 Å². The number of nitrogens with zero attached hydrogens (tertiary/aromatic N) is 2. The van der Waals surface area contributed by atoms with Gasteiger partial charge in [0.25, 0.3) is 5.91 Å². The van der Waals surface area contributed by atoms with Gasteiger partial charge in [0.1, 0.15) is 23.2 Å². The summed E-state index contributed by atoms with van der Waals surface area (Å²) >= 11 is 11.8. The van der Waals surface area contributed by atoms with E-state index in [-0.39, 0.29) is 10.7 Å². The Bertz CT molecular complexity index is 981. The molecule has 5 nitrogen and oxygen atoms in total. The van der Waals surface area contributed by atoms with Crippen molar-refractivity contribution < 1.29 is 9.18 Å². The summed E-state index contributed by atoms with van der Waals surface area (Å²) in [5.74, 6) is -0.170. The minimum Gasteiger partial charge on any atom is -0.340 e. The highest BCUT2D eigenvalue weighted by molar-refractivity contribution is 6.33. The minimum atomic E-state index is -0.518. The van der Waals surface area contributed by atoms with Crippen molar-refractivity contribution in [1.29, 1.82) is 0 Å². The fourth-order valence-electron chi connectivity index (χ4n) is 2.22. The number of aromatic nitrogens is 2. The van der Waals surface area contributed by atoms with Gasteiger partial charge in [-0.05, 0) is 37.3 Å². The average molecular weight is 391 g/mol. The monoisotopic (exact) mass is 390 g/mol. The number of halogens is 3. The molecule has 1 aromatic heterocycles. The van der Waals surface area contributed by atoms with Gasteiger partial charge in [-0.25, -0.2) is 14.4 Å². The highest BCUT2D eigenvalue weighted by Gasteiger charge is 2.13. The molecule has 0 aliphatic heterocycles. The Morgan fingerprint density at radius 1 is 1.04 bits per heavy atom. The lowest BCUT2D eigenvalue weighted by Gasteiger charge is -2.10. The lowest BCUT2D eigenvalue weighted by Crippen LogP contribution is -2.15. The molecule has 3 aromatic rings. The van der Waals surface area contributed by atoms with Crippen LogP contribution in [-0.4, -0.2) is 15.9 Å². The molecule has 0 fully saturated rings. The van der Waals surface area contributed by atoms with Crippen molar-refractivity contribution in [3.8, 4) is 0 Å². The van der Waals surface area contributed by atoms with Crippen LogP contribution in [-0.2, 0) is 0 Å². The summed E-state index contributed by atoms with van der Waals surface area (Å²) in [4.78, 5) is 20.8. The van der Waals surface area contributed by atoms with Gasteiger partial charge in [0, 0.05) is 11.8 Å². The quantitative estimate of drug-likeness (QED) is 0.640. The van der Waals surface area contributed by atoms with Gasteiger partial charge in [-0.3, -0.25) is 4.79 Å². The van der Waals surface area contributed by atoms with Gasteiger partial charge in [-0.15, -0.1) is 0 Å². The fourth-order valence-corrected chi connectivity index (χ4v) is 2.58. The van der Waals surface area contributed by atoms with Crippen molar-refractivity contribution in [2.45, 2.75) is 6.92 Å². The third-order valence-corrected chi connectivity index (χ3v) is 4.00. The number of amides is 1. The molecule has 0 unspecified atom stereocenters. The summed E-state index contributed by atoms with van der Waals surface area (Å²) in [6.45, 7) is 1.66. The molecule has 0 aliphatic carbocycles. The molecular weight excluding hydrogens is 378 g/mol. The number of para-hydroxylation sites is 1. The molecule has 26 heavy (non-hydrogen) atoms. The molecule has 132 valence electrons. The van der Waals surface area contributed by atoms with Crippen LogP contribution in [0.4, 0.5) is 21.6 Å². The zero-order valence-electron chi connectivity index (χ0n) is 13.6. The van der Waals surface area contributed by atoms with Crippen LogP contribution in [0.3, 0.4) is 0 Å². The van der Waals surface area contributed by atoms with E-state index in [2.05, 4.69) is 20.6 Å². The van der Waals surface area contributed by atoms with Crippen molar-refractivity contribution in [1.82, 2.24) is 9.97 Å². The first-order chi connectivity index (χ1) is 12.4.